The fraction of sp³-hybridized carbons (Fsp3) is 0.842. The summed E-state index contributed by atoms with van der Waals surface area (Å²) in [5.74, 6) is -0.0763. The predicted octanol–water partition coefficient (Wildman–Crippen LogP) is 2.66. The molecular weight excluding hydrogens is 379 g/mol. The molecule has 0 spiro atoms. The van der Waals surface area contributed by atoms with Crippen molar-refractivity contribution in [3.05, 3.63) is 12.2 Å². The number of allylic oxidation sites excluding steroid dienone is 2. The molecule has 0 aromatic heterocycles. The van der Waals surface area contributed by atoms with Crippen molar-refractivity contribution < 1.29 is 58.0 Å². The zero-order valence-electron chi connectivity index (χ0n) is 18.5. The SMILES string of the molecule is CCCCCCCC/C=C\CCCCCCCC(=O)OC.O=S(=O)(O)O.[H-].[Na+]. The van der Waals surface area contributed by atoms with E-state index in [1.54, 1.807) is 0 Å². The number of carbonyl (C=O) groups is 1. The second-order valence-electron chi connectivity index (χ2n) is 6.36. The number of unbranched alkanes of at least 4 members (excludes halogenated alkanes) is 11. The maximum absolute atomic E-state index is 10.9. The molecular formula is C19H39NaO6S. The van der Waals surface area contributed by atoms with Crippen LogP contribution in [0.4, 0.5) is 0 Å². The molecule has 27 heavy (non-hydrogen) atoms. The Labute approximate surface area is 189 Å². The molecule has 0 atom stereocenters. The number of esters is 1. The van der Waals surface area contributed by atoms with E-state index in [-0.39, 0.29) is 37.0 Å². The van der Waals surface area contributed by atoms with Crippen LogP contribution in [0.25, 0.3) is 0 Å². The van der Waals surface area contributed by atoms with Gasteiger partial charge in [-0.15, -0.1) is 0 Å². The Hall–Kier alpha value is 0.0800. The van der Waals surface area contributed by atoms with E-state index in [1.807, 2.05) is 0 Å². The molecule has 8 heteroatoms. The van der Waals surface area contributed by atoms with Gasteiger partial charge in [0.1, 0.15) is 0 Å². The van der Waals surface area contributed by atoms with Gasteiger partial charge in [0.05, 0.1) is 7.11 Å². The van der Waals surface area contributed by atoms with Crippen molar-refractivity contribution in [2.45, 2.75) is 96.8 Å². The average Bonchev–Trinajstić information content (AvgIpc) is 2.56. The van der Waals surface area contributed by atoms with Crippen LogP contribution in [0.15, 0.2) is 12.2 Å². The van der Waals surface area contributed by atoms with Crippen LogP contribution in [-0.2, 0) is 19.9 Å². The van der Waals surface area contributed by atoms with Gasteiger partial charge in [0.2, 0.25) is 0 Å². The number of ether oxygens (including phenoxy) is 1. The smallest absolute Gasteiger partial charge is 1.00 e. The average molecular weight is 419 g/mol. The normalized spacial score (nSPS) is 10.8. The van der Waals surface area contributed by atoms with Crippen LogP contribution >= 0.6 is 0 Å². The quantitative estimate of drug-likeness (QED) is 0.139. The van der Waals surface area contributed by atoms with Crippen molar-refractivity contribution in [1.82, 2.24) is 0 Å². The monoisotopic (exact) mass is 418 g/mol. The summed E-state index contributed by atoms with van der Waals surface area (Å²) in [4.78, 5) is 10.9. The summed E-state index contributed by atoms with van der Waals surface area (Å²) in [5, 5.41) is 0. The molecule has 2 N–H and O–H groups in total. The van der Waals surface area contributed by atoms with E-state index in [9.17, 15) is 4.79 Å². The minimum atomic E-state index is -4.67. The standard InChI is InChI=1S/C19H36O2.Na.H2O4S.H/c1-3-4-5-6-7-8-9-10-11-12-13-14-15-16-17-18-19(20)21-2;;1-5(2,3)4;/h10-11H,3-9,12-18H2,1-2H3;;(H2,1,2,3,4);/q;+1;;-1/b11-10-;;;. The van der Waals surface area contributed by atoms with Gasteiger partial charge in [0.15, 0.2) is 0 Å². The Morgan fingerprint density at radius 3 is 1.63 bits per heavy atom. The Bertz CT molecular complexity index is 436. The van der Waals surface area contributed by atoms with Crippen molar-refractivity contribution >= 4 is 16.4 Å². The van der Waals surface area contributed by atoms with Gasteiger partial charge in [-0.1, -0.05) is 70.4 Å². The molecule has 0 aromatic rings. The molecule has 0 fully saturated rings. The summed E-state index contributed by atoms with van der Waals surface area (Å²) in [6, 6.07) is 0. The first-order chi connectivity index (χ1) is 12.3. The van der Waals surface area contributed by atoms with Gasteiger partial charge in [-0.25, -0.2) is 0 Å². The molecule has 0 aromatic carbocycles. The van der Waals surface area contributed by atoms with Gasteiger partial charge in [0, 0.05) is 6.42 Å². The molecule has 0 aliphatic heterocycles. The zero-order valence-corrected chi connectivity index (χ0v) is 20.3. The van der Waals surface area contributed by atoms with Crippen molar-refractivity contribution in [2.75, 3.05) is 7.11 Å². The summed E-state index contributed by atoms with van der Waals surface area (Å²) in [6.07, 6.45) is 22.0. The molecule has 0 heterocycles. The number of rotatable bonds is 15. The van der Waals surface area contributed by atoms with Crippen LogP contribution in [-0.4, -0.2) is 30.6 Å². The molecule has 0 bridgehead atoms. The Kier molecular flexibility index (Phi) is 28.4. The molecule has 0 unspecified atom stereocenters. The minimum Gasteiger partial charge on any atom is -1.00 e. The summed E-state index contributed by atoms with van der Waals surface area (Å²) < 4.78 is 36.2. The third-order valence-corrected chi connectivity index (χ3v) is 3.87. The van der Waals surface area contributed by atoms with Gasteiger partial charge in [-0.2, -0.15) is 8.42 Å². The van der Waals surface area contributed by atoms with Gasteiger partial charge in [-0.3, -0.25) is 13.9 Å². The van der Waals surface area contributed by atoms with Crippen molar-refractivity contribution in [1.29, 1.82) is 0 Å². The first-order valence-corrected chi connectivity index (χ1v) is 11.1. The maximum atomic E-state index is 10.9. The molecule has 0 radical (unpaired) electrons. The zero-order chi connectivity index (χ0) is 20.1. The maximum Gasteiger partial charge on any atom is 1.00 e. The largest absolute Gasteiger partial charge is 1.00 e. The Balaban J connectivity index is -0.000000364. The van der Waals surface area contributed by atoms with E-state index in [2.05, 4.69) is 23.8 Å². The number of methoxy groups -OCH3 is 1. The molecule has 6 nitrogen and oxygen atoms in total. The number of hydrogen-bond donors (Lipinski definition) is 2. The van der Waals surface area contributed by atoms with Gasteiger partial charge >= 0.3 is 45.9 Å². The fourth-order valence-electron chi connectivity index (χ4n) is 2.44. The molecule has 0 aliphatic rings. The van der Waals surface area contributed by atoms with E-state index in [0.717, 1.165) is 12.8 Å². The fourth-order valence-corrected chi connectivity index (χ4v) is 2.44. The van der Waals surface area contributed by atoms with Crippen LogP contribution in [0.5, 0.6) is 0 Å². The van der Waals surface area contributed by atoms with Crippen molar-refractivity contribution in [3.63, 3.8) is 0 Å². The molecule has 0 aliphatic carbocycles. The Morgan fingerprint density at radius 1 is 0.852 bits per heavy atom. The summed E-state index contributed by atoms with van der Waals surface area (Å²) in [5.41, 5.74) is 0. The summed E-state index contributed by atoms with van der Waals surface area (Å²) >= 11 is 0. The molecule has 0 saturated carbocycles. The van der Waals surface area contributed by atoms with E-state index in [1.165, 1.54) is 77.7 Å². The van der Waals surface area contributed by atoms with E-state index < -0.39 is 10.4 Å². The first-order valence-electron chi connectivity index (χ1n) is 9.73. The van der Waals surface area contributed by atoms with Crippen LogP contribution in [0.1, 0.15) is 98.2 Å². The topological polar surface area (TPSA) is 101 Å². The Morgan fingerprint density at radius 2 is 1.22 bits per heavy atom. The van der Waals surface area contributed by atoms with E-state index >= 15 is 0 Å². The summed E-state index contributed by atoms with van der Waals surface area (Å²) in [6.45, 7) is 2.27. The van der Waals surface area contributed by atoms with E-state index in [0.29, 0.717) is 6.42 Å². The first kappa shape index (κ1) is 31.8. The van der Waals surface area contributed by atoms with Gasteiger partial charge < -0.3 is 6.16 Å². The molecule has 0 saturated heterocycles. The van der Waals surface area contributed by atoms with Gasteiger partial charge in [-0.05, 0) is 32.1 Å². The third-order valence-electron chi connectivity index (χ3n) is 3.87. The number of hydrogen-bond acceptors (Lipinski definition) is 4. The number of carbonyl (C=O) groups excluding carboxylic acids is 1. The van der Waals surface area contributed by atoms with E-state index in [4.69, 9.17) is 17.5 Å². The van der Waals surface area contributed by atoms with Crippen LogP contribution in [0, 0.1) is 0 Å². The predicted molar refractivity (Wildman–Crippen MR) is 107 cm³/mol. The van der Waals surface area contributed by atoms with Crippen LogP contribution in [0.3, 0.4) is 0 Å². The molecule has 0 amide bonds. The third kappa shape index (κ3) is 41.5. The molecule has 158 valence electrons. The van der Waals surface area contributed by atoms with Crippen molar-refractivity contribution in [2.24, 2.45) is 0 Å². The van der Waals surface area contributed by atoms with Crippen molar-refractivity contribution in [3.8, 4) is 0 Å². The minimum absolute atomic E-state index is 0. The second-order valence-corrected chi connectivity index (χ2v) is 7.25. The molecule has 0 rings (SSSR count). The second kappa shape index (κ2) is 24.1. The van der Waals surface area contributed by atoms with Crippen LogP contribution < -0.4 is 29.6 Å². The van der Waals surface area contributed by atoms with Gasteiger partial charge in [0.25, 0.3) is 0 Å². The van der Waals surface area contributed by atoms with Crippen LogP contribution in [0.2, 0.25) is 0 Å². The summed E-state index contributed by atoms with van der Waals surface area (Å²) in [7, 11) is -3.21.